The molecule has 1 aromatic carbocycles. The van der Waals surface area contributed by atoms with Crippen LogP contribution >= 0.6 is 0 Å². The van der Waals surface area contributed by atoms with E-state index in [0.717, 1.165) is 12.3 Å². The van der Waals surface area contributed by atoms with Gasteiger partial charge in [0, 0.05) is 25.4 Å². The van der Waals surface area contributed by atoms with Gasteiger partial charge in [0.1, 0.15) is 0 Å². The molecule has 0 atom stereocenters. The summed E-state index contributed by atoms with van der Waals surface area (Å²) in [5.41, 5.74) is 4.20. The van der Waals surface area contributed by atoms with Crippen molar-refractivity contribution in [1.29, 1.82) is 0 Å². The highest BCUT2D eigenvalue weighted by molar-refractivity contribution is 5.59. The number of rotatable bonds is 4. The smallest absolute Gasteiger partial charge is 0.0471 e. The number of aliphatic hydroxyl groups excluding tert-OH is 1. The maximum Gasteiger partial charge on any atom is 0.0471 e. The predicted octanol–water partition coefficient (Wildman–Crippen LogP) is 2.38. The molecule has 0 unspecified atom stereocenters. The van der Waals surface area contributed by atoms with Crippen molar-refractivity contribution in [3.8, 4) is 0 Å². The fourth-order valence-electron chi connectivity index (χ4n) is 2.98. The molecule has 17 heavy (non-hydrogen) atoms. The van der Waals surface area contributed by atoms with Gasteiger partial charge in [-0.05, 0) is 48.8 Å². The summed E-state index contributed by atoms with van der Waals surface area (Å²) in [7, 11) is 0. The van der Waals surface area contributed by atoms with E-state index in [4.69, 9.17) is 5.11 Å². The van der Waals surface area contributed by atoms with Crippen molar-refractivity contribution >= 4 is 5.69 Å². The number of anilines is 1. The largest absolute Gasteiger partial charge is 0.396 e. The number of nitrogens with zero attached hydrogens (tertiary/aromatic N) is 1. The maximum atomic E-state index is 8.97. The topological polar surface area (TPSA) is 23.5 Å². The quantitative estimate of drug-likeness (QED) is 0.860. The van der Waals surface area contributed by atoms with Crippen LogP contribution in [0.25, 0.3) is 0 Å². The van der Waals surface area contributed by atoms with Gasteiger partial charge in [0.15, 0.2) is 0 Å². The maximum absolute atomic E-state index is 8.97. The average molecular weight is 231 g/mol. The van der Waals surface area contributed by atoms with Crippen LogP contribution in [0, 0.1) is 5.92 Å². The summed E-state index contributed by atoms with van der Waals surface area (Å²) >= 11 is 0. The minimum Gasteiger partial charge on any atom is -0.396 e. The van der Waals surface area contributed by atoms with Gasteiger partial charge in [-0.25, -0.2) is 0 Å². The summed E-state index contributed by atoms with van der Waals surface area (Å²) in [5.74, 6) is 0.943. The van der Waals surface area contributed by atoms with E-state index in [1.54, 1.807) is 0 Å². The molecule has 1 aliphatic heterocycles. The van der Waals surface area contributed by atoms with Crippen molar-refractivity contribution in [3.63, 3.8) is 0 Å². The van der Waals surface area contributed by atoms with E-state index in [1.807, 2.05) is 0 Å². The van der Waals surface area contributed by atoms with E-state index in [0.29, 0.717) is 0 Å². The summed E-state index contributed by atoms with van der Waals surface area (Å²) in [6.07, 6.45) is 6.25. The molecule has 2 heteroatoms. The van der Waals surface area contributed by atoms with Crippen LogP contribution in [0.4, 0.5) is 5.69 Å². The number of aliphatic hydroxyl groups is 1. The van der Waals surface area contributed by atoms with E-state index in [-0.39, 0.29) is 6.61 Å². The fraction of sp³-hybridized carbons (Fsp3) is 0.600. The molecule has 1 fully saturated rings. The standard InChI is InChI=1S/C15H21NO/c17-9-7-12-4-5-15-14(10-12)6-8-16(15)11-13-2-1-3-13/h4-5,10,13,17H,1-3,6-9,11H2. The third-order valence-electron chi connectivity index (χ3n) is 4.24. The Labute approximate surface area is 103 Å². The predicted molar refractivity (Wildman–Crippen MR) is 70.5 cm³/mol. The third-order valence-corrected chi connectivity index (χ3v) is 4.24. The molecule has 2 nitrogen and oxygen atoms in total. The van der Waals surface area contributed by atoms with Crippen LogP contribution in [-0.2, 0) is 12.8 Å². The van der Waals surface area contributed by atoms with Gasteiger partial charge in [-0.3, -0.25) is 0 Å². The summed E-state index contributed by atoms with van der Waals surface area (Å²) in [6.45, 7) is 2.70. The van der Waals surface area contributed by atoms with E-state index in [9.17, 15) is 0 Å². The van der Waals surface area contributed by atoms with Crippen LogP contribution < -0.4 is 4.90 Å². The van der Waals surface area contributed by atoms with Crippen LogP contribution in [0.2, 0.25) is 0 Å². The lowest BCUT2D eigenvalue weighted by atomic mass is 9.85. The summed E-state index contributed by atoms with van der Waals surface area (Å²) < 4.78 is 0. The highest BCUT2D eigenvalue weighted by atomic mass is 16.2. The zero-order valence-electron chi connectivity index (χ0n) is 10.4. The zero-order chi connectivity index (χ0) is 11.7. The number of benzene rings is 1. The second-order valence-electron chi connectivity index (χ2n) is 5.43. The molecule has 0 bridgehead atoms. The first-order chi connectivity index (χ1) is 8.36. The van der Waals surface area contributed by atoms with Gasteiger partial charge in [0.2, 0.25) is 0 Å². The van der Waals surface area contributed by atoms with Crippen molar-refractivity contribution < 1.29 is 5.11 Å². The first-order valence-corrected chi connectivity index (χ1v) is 6.84. The Balaban J connectivity index is 1.73. The number of hydrogen-bond acceptors (Lipinski definition) is 2. The Morgan fingerprint density at radius 2 is 2.18 bits per heavy atom. The monoisotopic (exact) mass is 231 g/mol. The number of hydrogen-bond donors (Lipinski definition) is 1. The summed E-state index contributed by atoms with van der Waals surface area (Å²) in [5, 5.41) is 8.97. The van der Waals surface area contributed by atoms with Gasteiger partial charge in [-0.2, -0.15) is 0 Å². The molecule has 1 heterocycles. The Morgan fingerprint density at radius 3 is 2.88 bits per heavy atom. The summed E-state index contributed by atoms with van der Waals surface area (Å²) in [4.78, 5) is 2.56. The molecule has 2 aliphatic rings. The lowest BCUT2D eigenvalue weighted by Crippen LogP contribution is -2.31. The van der Waals surface area contributed by atoms with Crippen molar-refractivity contribution in [1.82, 2.24) is 0 Å². The first-order valence-electron chi connectivity index (χ1n) is 6.84. The van der Waals surface area contributed by atoms with Gasteiger partial charge in [0.25, 0.3) is 0 Å². The van der Waals surface area contributed by atoms with Crippen LogP contribution in [0.1, 0.15) is 30.4 Å². The molecule has 1 aromatic rings. The van der Waals surface area contributed by atoms with Crippen molar-refractivity contribution in [2.24, 2.45) is 5.92 Å². The number of fused-ring (bicyclic) bond motifs is 1. The van der Waals surface area contributed by atoms with E-state index >= 15 is 0 Å². The van der Waals surface area contributed by atoms with Gasteiger partial charge in [0.05, 0.1) is 0 Å². The molecule has 0 spiro atoms. The molecule has 0 amide bonds. The van der Waals surface area contributed by atoms with Crippen molar-refractivity contribution in [3.05, 3.63) is 29.3 Å². The van der Waals surface area contributed by atoms with Gasteiger partial charge in [-0.15, -0.1) is 0 Å². The Bertz CT molecular complexity index is 398. The molecule has 3 rings (SSSR count). The lowest BCUT2D eigenvalue weighted by Gasteiger charge is -2.31. The third kappa shape index (κ3) is 2.19. The molecule has 1 N–H and O–H groups in total. The highest BCUT2D eigenvalue weighted by Gasteiger charge is 2.25. The second kappa shape index (κ2) is 4.69. The van der Waals surface area contributed by atoms with Crippen molar-refractivity contribution in [2.45, 2.75) is 32.1 Å². The Hall–Kier alpha value is -1.02. The van der Waals surface area contributed by atoms with E-state index < -0.39 is 0 Å². The SMILES string of the molecule is OCCc1ccc2c(c1)CCN2CC1CCC1. The van der Waals surface area contributed by atoms with Gasteiger partial charge in [-0.1, -0.05) is 18.6 Å². The second-order valence-corrected chi connectivity index (χ2v) is 5.43. The summed E-state index contributed by atoms with van der Waals surface area (Å²) in [6, 6.07) is 6.71. The van der Waals surface area contributed by atoms with Crippen LogP contribution in [0.15, 0.2) is 18.2 Å². The fourth-order valence-corrected chi connectivity index (χ4v) is 2.98. The Morgan fingerprint density at radius 1 is 1.29 bits per heavy atom. The van der Waals surface area contributed by atoms with E-state index in [2.05, 4.69) is 23.1 Å². The molecule has 1 saturated carbocycles. The molecular weight excluding hydrogens is 210 g/mol. The molecule has 0 aromatic heterocycles. The van der Waals surface area contributed by atoms with Gasteiger partial charge >= 0.3 is 0 Å². The molecule has 0 saturated heterocycles. The molecule has 1 aliphatic carbocycles. The van der Waals surface area contributed by atoms with Crippen LogP contribution in [-0.4, -0.2) is 24.8 Å². The molecule has 92 valence electrons. The average Bonchev–Trinajstić information content (AvgIpc) is 2.66. The van der Waals surface area contributed by atoms with Crippen LogP contribution in [0.3, 0.4) is 0 Å². The minimum atomic E-state index is 0.255. The Kier molecular flexibility index (Phi) is 3.06. The lowest BCUT2D eigenvalue weighted by molar-refractivity contribution is 0.299. The zero-order valence-corrected chi connectivity index (χ0v) is 10.4. The van der Waals surface area contributed by atoms with Crippen LogP contribution in [0.5, 0.6) is 0 Å². The van der Waals surface area contributed by atoms with Crippen molar-refractivity contribution in [2.75, 3.05) is 24.6 Å². The minimum absolute atomic E-state index is 0.255. The normalized spacial score (nSPS) is 19.2. The first kappa shape index (κ1) is 11.1. The molecular formula is C15H21NO. The molecule has 0 radical (unpaired) electrons. The van der Waals surface area contributed by atoms with E-state index in [1.165, 1.54) is 55.6 Å². The van der Waals surface area contributed by atoms with Gasteiger partial charge < -0.3 is 10.0 Å². The highest BCUT2D eigenvalue weighted by Crippen LogP contribution is 2.33.